The van der Waals surface area contributed by atoms with Crippen LogP contribution in [0, 0.1) is 5.82 Å². The third-order valence-corrected chi connectivity index (χ3v) is 8.58. The number of pyridine rings is 1. The number of morpholine rings is 1. The Labute approximate surface area is 220 Å². The van der Waals surface area contributed by atoms with E-state index in [1.165, 1.54) is 35.7 Å². The number of hydrogen-bond donors (Lipinski definition) is 1. The Hall–Kier alpha value is -4.15. The molecule has 1 amide bonds. The van der Waals surface area contributed by atoms with Crippen molar-refractivity contribution < 1.29 is 23.8 Å². The summed E-state index contributed by atoms with van der Waals surface area (Å²) in [5, 5.41) is 13.4. The lowest BCUT2D eigenvalue weighted by Crippen LogP contribution is -2.66. The molecule has 0 spiro atoms. The van der Waals surface area contributed by atoms with Gasteiger partial charge in [0, 0.05) is 40.9 Å². The Kier molecular flexibility index (Phi) is 5.11. The second kappa shape index (κ2) is 8.44. The molecular weight excluding hydrogens is 509 g/mol. The molecule has 0 radical (unpaired) electrons. The summed E-state index contributed by atoms with van der Waals surface area (Å²) in [7, 11) is 1.61. The Balaban J connectivity index is 1.57. The third-order valence-electron chi connectivity index (χ3n) is 7.45. The normalized spacial score (nSPS) is 19.6. The van der Waals surface area contributed by atoms with E-state index in [9.17, 15) is 19.1 Å². The molecule has 3 aliphatic rings. The molecule has 38 heavy (non-hydrogen) atoms. The van der Waals surface area contributed by atoms with Crippen LogP contribution >= 0.6 is 11.3 Å². The van der Waals surface area contributed by atoms with Crippen LogP contribution in [0.25, 0.3) is 21.6 Å². The minimum absolute atomic E-state index is 0.0996. The fourth-order valence-corrected chi connectivity index (χ4v) is 6.82. The van der Waals surface area contributed by atoms with Gasteiger partial charge in [0.25, 0.3) is 5.91 Å². The van der Waals surface area contributed by atoms with Gasteiger partial charge in [0.1, 0.15) is 12.0 Å². The van der Waals surface area contributed by atoms with E-state index < -0.39 is 29.3 Å². The van der Waals surface area contributed by atoms with E-state index in [0.29, 0.717) is 23.8 Å². The second-order valence-corrected chi connectivity index (χ2v) is 10.4. The van der Waals surface area contributed by atoms with Gasteiger partial charge in [-0.25, -0.2) is 4.39 Å². The number of carbonyl (C=O) groups is 1. The predicted octanol–water partition coefficient (Wildman–Crippen LogP) is 3.95. The molecule has 0 saturated carbocycles. The van der Waals surface area contributed by atoms with Crippen molar-refractivity contribution in [2.24, 2.45) is 0 Å². The fourth-order valence-electron chi connectivity index (χ4n) is 5.80. The van der Waals surface area contributed by atoms with Crippen molar-refractivity contribution in [1.82, 2.24) is 9.58 Å². The van der Waals surface area contributed by atoms with Gasteiger partial charge in [0.2, 0.25) is 5.43 Å². The Morgan fingerprint density at radius 1 is 1.05 bits per heavy atom. The van der Waals surface area contributed by atoms with Crippen LogP contribution in [0.1, 0.15) is 27.7 Å². The first-order valence-electron chi connectivity index (χ1n) is 12.2. The smallest absolute Gasteiger partial charge is 0.278 e. The highest BCUT2D eigenvalue weighted by Gasteiger charge is 2.46. The maximum absolute atomic E-state index is 14.8. The summed E-state index contributed by atoms with van der Waals surface area (Å²) in [5.41, 5.74) is 3.57. The van der Waals surface area contributed by atoms with Gasteiger partial charge in [0.15, 0.2) is 16.5 Å². The Morgan fingerprint density at radius 3 is 2.71 bits per heavy atom. The molecule has 2 atom stereocenters. The van der Waals surface area contributed by atoms with Crippen molar-refractivity contribution in [1.29, 1.82) is 0 Å². The van der Waals surface area contributed by atoms with E-state index in [1.54, 1.807) is 22.8 Å². The molecule has 4 aromatic rings. The molecular formula is C28H22FN3O5S. The van der Waals surface area contributed by atoms with Gasteiger partial charge in [-0.1, -0.05) is 41.7 Å². The molecule has 8 nitrogen and oxygen atoms in total. The minimum atomic E-state index is -0.630. The molecule has 0 bridgehead atoms. The molecule has 2 aromatic heterocycles. The average Bonchev–Trinajstić information content (AvgIpc) is 3.34. The van der Waals surface area contributed by atoms with Crippen LogP contribution in [-0.2, 0) is 4.74 Å². The van der Waals surface area contributed by atoms with E-state index >= 15 is 0 Å². The predicted molar refractivity (Wildman–Crippen MR) is 140 cm³/mol. The van der Waals surface area contributed by atoms with Gasteiger partial charge < -0.3 is 19.5 Å². The molecule has 2 aromatic carbocycles. The number of aromatic hydroxyl groups is 1. The monoisotopic (exact) mass is 531 g/mol. The fraction of sp³-hybridized carbons (Fsp3) is 0.214. The molecule has 1 fully saturated rings. The van der Waals surface area contributed by atoms with Crippen molar-refractivity contribution in [2.75, 3.05) is 31.9 Å². The number of methoxy groups -OCH3 is 1. The first-order chi connectivity index (χ1) is 18.5. The summed E-state index contributed by atoms with van der Waals surface area (Å²) in [5.74, 6) is -1.41. The summed E-state index contributed by atoms with van der Waals surface area (Å²) in [4.78, 5) is 28.4. The maximum Gasteiger partial charge on any atom is 0.278 e. The van der Waals surface area contributed by atoms with Crippen molar-refractivity contribution in [2.45, 2.75) is 12.2 Å². The number of hydrogen-bond acceptors (Lipinski definition) is 7. The minimum Gasteiger partial charge on any atom is -0.502 e. The lowest BCUT2D eigenvalue weighted by Gasteiger charge is -2.51. The first kappa shape index (κ1) is 23.0. The number of benzene rings is 2. The number of nitrogens with zero attached hydrogens (tertiary/aromatic N) is 3. The van der Waals surface area contributed by atoms with Gasteiger partial charge >= 0.3 is 0 Å². The van der Waals surface area contributed by atoms with Gasteiger partial charge in [-0.2, -0.15) is 0 Å². The first-order valence-corrected chi connectivity index (χ1v) is 13.0. The lowest BCUT2D eigenvalue weighted by molar-refractivity contribution is -0.0196. The van der Waals surface area contributed by atoms with Gasteiger partial charge in [0.05, 0.1) is 26.4 Å². The van der Waals surface area contributed by atoms with Crippen molar-refractivity contribution in [3.05, 3.63) is 93.7 Å². The number of halogens is 1. The molecule has 1 N–H and O–H groups in total. The van der Waals surface area contributed by atoms with E-state index in [1.807, 2.05) is 35.3 Å². The molecule has 10 heteroatoms. The molecule has 1 aliphatic carbocycles. The van der Waals surface area contributed by atoms with Crippen LogP contribution in [0.5, 0.6) is 10.8 Å². The van der Waals surface area contributed by atoms with Crippen molar-refractivity contribution in [3.63, 3.8) is 0 Å². The second-order valence-electron chi connectivity index (χ2n) is 9.39. The largest absolute Gasteiger partial charge is 0.502 e. The zero-order valence-electron chi connectivity index (χ0n) is 20.3. The van der Waals surface area contributed by atoms with Crippen LogP contribution in [0.15, 0.2) is 65.6 Å². The average molecular weight is 532 g/mol. The van der Waals surface area contributed by atoms with Gasteiger partial charge in [-0.3, -0.25) is 19.3 Å². The van der Waals surface area contributed by atoms with Gasteiger partial charge in [-0.15, -0.1) is 0 Å². The standard InChI is InChI=1S/C28H22FN3O5S/c1-36-23-13-20-16-4-2-3-5-17(16)24(18-7-6-15(29)12-19(18)27(20)38-23)32-22-14-37-11-10-30(22)28(35)25-26(34)21(33)8-9-31(25)32/h2-9,12-13,22,24,34H,10-11,14H2,1H3/t22-,24+/m1/s1. The SMILES string of the molecule is COc1cc2c(s1)-c1cc(F)ccc1[C@@H](N1[C@@H]3COCCN3C(=O)c3c(O)c(=O)ccn31)c1ccccc1-2. The summed E-state index contributed by atoms with van der Waals surface area (Å²) < 4.78 is 27.7. The number of fused-ring (bicyclic) bond motifs is 7. The van der Waals surface area contributed by atoms with Gasteiger partial charge in [-0.05, 0) is 28.8 Å². The highest BCUT2D eigenvalue weighted by Crippen LogP contribution is 2.52. The van der Waals surface area contributed by atoms with Crippen molar-refractivity contribution in [3.8, 4) is 32.4 Å². The van der Waals surface area contributed by atoms with Crippen LogP contribution in [0.2, 0.25) is 0 Å². The number of ether oxygens (including phenoxy) is 2. The Morgan fingerprint density at radius 2 is 1.87 bits per heavy atom. The van der Waals surface area contributed by atoms with E-state index in [2.05, 4.69) is 0 Å². The number of aromatic nitrogens is 1. The highest BCUT2D eigenvalue weighted by atomic mass is 32.1. The summed E-state index contributed by atoms with van der Waals surface area (Å²) in [6.45, 7) is 0.870. The zero-order chi connectivity index (χ0) is 26.1. The van der Waals surface area contributed by atoms with E-state index in [-0.39, 0.29) is 18.1 Å². The molecule has 0 unspecified atom stereocenters. The van der Waals surface area contributed by atoms with Crippen molar-refractivity contribution >= 4 is 17.2 Å². The number of carbonyl (C=O) groups excluding carboxylic acids is 1. The third kappa shape index (κ3) is 3.17. The quantitative estimate of drug-likeness (QED) is 0.422. The molecule has 4 heterocycles. The highest BCUT2D eigenvalue weighted by molar-refractivity contribution is 7.18. The van der Waals surface area contributed by atoms with E-state index in [4.69, 9.17) is 9.47 Å². The lowest BCUT2D eigenvalue weighted by atomic mass is 9.92. The number of amides is 1. The summed E-state index contributed by atoms with van der Waals surface area (Å²) >= 11 is 1.44. The Bertz CT molecular complexity index is 1680. The summed E-state index contributed by atoms with van der Waals surface area (Å²) in [6, 6.07) is 15.3. The topological polar surface area (TPSA) is 84.2 Å². The molecule has 7 rings (SSSR count). The molecule has 192 valence electrons. The number of thiophene rings is 1. The molecule has 2 aliphatic heterocycles. The summed E-state index contributed by atoms with van der Waals surface area (Å²) in [6.07, 6.45) is 0.976. The van der Waals surface area contributed by atoms with E-state index in [0.717, 1.165) is 27.1 Å². The van der Waals surface area contributed by atoms with Crippen LogP contribution in [0.4, 0.5) is 4.39 Å². The maximum atomic E-state index is 14.8. The zero-order valence-corrected chi connectivity index (χ0v) is 21.1. The van der Waals surface area contributed by atoms with Crippen LogP contribution in [0.3, 0.4) is 0 Å². The number of rotatable bonds is 2. The van der Waals surface area contributed by atoms with Crippen LogP contribution < -0.4 is 15.2 Å². The van der Waals surface area contributed by atoms with Crippen LogP contribution in [-0.4, -0.2) is 53.6 Å². The molecule has 1 saturated heterocycles.